The molecule has 302 valence electrons. The maximum Gasteiger partial charge on any atom is 0.0542 e. The van der Waals surface area contributed by atoms with Crippen LogP contribution in [0.5, 0.6) is 0 Å². The first-order valence-electron chi connectivity index (χ1n) is 22.2. The van der Waals surface area contributed by atoms with Gasteiger partial charge < -0.3 is 13.7 Å². The summed E-state index contributed by atoms with van der Waals surface area (Å²) in [4.78, 5) is 0. The van der Waals surface area contributed by atoms with Gasteiger partial charge in [0.1, 0.15) is 0 Å². The minimum Gasteiger partial charge on any atom is -0.309 e. The molecule has 5 heteroatoms. The van der Waals surface area contributed by atoms with Gasteiger partial charge in [0.2, 0.25) is 0 Å². The summed E-state index contributed by atoms with van der Waals surface area (Å²) >= 11 is 3.75. The van der Waals surface area contributed by atoms with E-state index in [2.05, 4.69) is 226 Å². The molecule has 0 aliphatic carbocycles. The normalized spacial score (nSPS) is 12.3. The highest BCUT2D eigenvalue weighted by molar-refractivity contribution is 7.26. The Morgan fingerprint density at radius 2 is 0.523 bits per heavy atom. The highest BCUT2D eigenvalue weighted by atomic mass is 32.1. The van der Waals surface area contributed by atoms with E-state index < -0.39 is 0 Å². The highest BCUT2D eigenvalue weighted by Crippen LogP contribution is 2.43. The van der Waals surface area contributed by atoms with Gasteiger partial charge in [0.15, 0.2) is 0 Å². The van der Waals surface area contributed by atoms with Crippen LogP contribution in [-0.4, -0.2) is 13.7 Å². The van der Waals surface area contributed by atoms with Crippen molar-refractivity contribution in [2.24, 2.45) is 0 Å². The van der Waals surface area contributed by atoms with Crippen molar-refractivity contribution in [1.29, 1.82) is 0 Å². The van der Waals surface area contributed by atoms with Crippen molar-refractivity contribution in [1.82, 2.24) is 13.7 Å². The Kier molecular flexibility index (Phi) is 7.26. The Labute approximate surface area is 380 Å². The Balaban J connectivity index is 0.965. The van der Waals surface area contributed by atoms with Crippen molar-refractivity contribution in [3.8, 4) is 28.2 Å². The molecule has 10 aromatic carbocycles. The molecule has 0 spiro atoms. The van der Waals surface area contributed by atoms with Crippen LogP contribution in [0.2, 0.25) is 0 Å². The van der Waals surface area contributed by atoms with Gasteiger partial charge in [0.25, 0.3) is 0 Å². The average Bonchev–Trinajstić information content (AvgIpc) is 4.17. The lowest BCUT2D eigenvalue weighted by molar-refractivity contribution is 1.16. The van der Waals surface area contributed by atoms with Crippen LogP contribution < -0.4 is 0 Å². The number of hydrogen-bond acceptors (Lipinski definition) is 2. The van der Waals surface area contributed by atoms with Gasteiger partial charge >= 0.3 is 0 Å². The molecule has 0 atom stereocenters. The first-order valence-corrected chi connectivity index (χ1v) is 23.8. The quantitative estimate of drug-likeness (QED) is 0.167. The summed E-state index contributed by atoms with van der Waals surface area (Å²) in [5.41, 5.74) is 13.1. The summed E-state index contributed by atoms with van der Waals surface area (Å²) in [5.74, 6) is 0. The van der Waals surface area contributed by atoms with Crippen molar-refractivity contribution in [2.75, 3.05) is 0 Å². The van der Waals surface area contributed by atoms with Gasteiger partial charge in [-0.2, -0.15) is 0 Å². The van der Waals surface area contributed by atoms with Crippen LogP contribution in [0.25, 0.3) is 134 Å². The van der Waals surface area contributed by atoms with Gasteiger partial charge in [-0.3, -0.25) is 0 Å². The number of rotatable bonds is 4. The summed E-state index contributed by atoms with van der Waals surface area (Å²) < 4.78 is 12.6. The minimum absolute atomic E-state index is 1.15. The van der Waals surface area contributed by atoms with E-state index in [1.54, 1.807) is 0 Å². The topological polar surface area (TPSA) is 14.8 Å². The van der Waals surface area contributed by atoms with E-state index in [1.807, 2.05) is 22.7 Å². The number of aromatic nitrogens is 3. The standard InChI is InChI=1S/C60H35N3S2/c1-6-16-51-41(11-1)42-12-2-7-17-52(42)61(51)38-23-26-55-46(33-38)47-34-39(62-53-18-8-3-13-43(53)44-14-4-9-19-54(44)62)24-27-56(47)63(55)40-25-30-60-50(35-40)49-32-37(22-29-59(49)65-60)36-21-28-58-48(31-36)45-15-5-10-20-57(45)64-58/h1-35H. The first kappa shape index (κ1) is 35.5. The second-order valence-corrected chi connectivity index (χ2v) is 19.4. The Morgan fingerprint density at radius 1 is 0.215 bits per heavy atom. The number of nitrogens with zero attached hydrogens (tertiary/aromatic N) is 3. The monoisotopic (exact) mass is 861 g/mol. The molecule has 0 saturated heterocycles. The van der Waals surface area contributed by atoms with Gasteiger partial charge in [0.05, 0.1) is 33.1 Å². The van der Waals surface area contributed by atoms with E-state index >= 15 is 0 Å². The van der Waals surface area contributed by atoms with E-state index in [0.29, 0.717) is 0 Å². The number of thiophene rings is 2. The smallest absolute Gasteiger partial charge is 0.0542 e. The van der Waals surface area contributed by atoms with Crippen molar-refractivity contribution >= 4 is 128 Å². The van der Waals surface area contributed by atoms with Crippen molar-refractivity contribution < 1.29 is 0 Å². The molecule has 0 amide bonds. The maximum atomic E-state index is 2.48. The zero-order valence-corrected chi connectivity index (χ0v) is 36.5. The number of hydrogen-bond donors (Lipinski definition) is 0. The molecule has 15 aromatic rings. The molecule has 0 aliphatic rings. The fourth-order valence-electron chi connectivity index (χ4n) is 10.9. The van der Waals surface area contributed by atoms with Gasteiger partial charge in [-0.05, 0) is 120 Å². The van der Waals surface area contributed by atoms with E-state index in [1.165, 1.54) is 117 Å². The maximum absolute atomic E-state index is 2.48. The summed E-state index contributed by atoms with van der Waals surface area (Å²) in [6.45, 7) is 0. The minimum atomic E-state index is 1.15. The van der Waals surface area contributed by atoms with Crippen molar-refractivity contribution in [3.05, 3.63) is 212 Å². The van der Waals surface area contributed by atoms with Gasteiger partial charge in [-0.1, -0.05) is 103 Å². The van der Waals surface area contributed by atoms with E-state index in [9.17, 15) is 0 Å². The summed E-state index contributed by atoms with van der Waals surface area (Å²) in [5, 5.41) is 12.7. The predicted octanol–water partition coefficient (Wildman–Crippen LogP) is 17.4. The molecule has 5 heterocycles. The van der Waals surface area contributed by atoms with Crippen LogP contribution >= 0.6 is 22.7 Å². The number of para-hydroxylation sites is 4. The molecular formula is C60H35N3S2. The fraction of sp³-hybridized carbons (Fsp3) is 0. The molecule has 5 aromatic heterocycles. The molecule has 0 fully saturated rings. The van der Waals surface area contributed by atoms with E-state index in [-0.39, 0.29) is 0 Å². The lowest BCUT2D eigenvalue weighted by Gasteiger charge is -2.11. The summed E-state index contributed by atoms with van der Waals surface area (Å²) in [6, 6.07) is 79.1. The second-order valence-electron chi connectivity index (χ2n) is 17.3. The SMILES string of the molecule is c1ccc2c(c1)sc1ccc(-c3ccc4sc5ccc(-n6c7ccc(-n8c9ccccc9c9ccccc98)cc7c7cc(-n8c9ccccc9c9ccccc98)ccc76)cc5c4c3)cc12. The summed E-state index contributed by atoms with van der Waals surface area (Å²) in [7, 11) is 0. The molecule has 15 rings (SSSR count). The molecule has 0 aliphatic heterocycles. The van der Waals surface area contributed by atoms with Crippen LogP contribution in [0.4, 0.5) is 0 Å². The zero-order valence-electron chi connectivity index (χ0n) is 34.9. The molecule has 0 N–H and O–H groups in total. The van der Waals surface area contributed by atoms with Gasteiger partial charge in [-0.25, -0.2) is 0 Å². The third-order valence-electron chi connectivity index (χ3n) is 13.8. The van der Waals surface area contributed by atoms with Crippen LogP contribution in [0.3, 0.4) is 0 Å². The van der Waals surface area contributed by atoms with Crippen LogP contribution in [0.1, 0.15) is 0 Å². The van der Waals surface area contributed by atoms with Crippen molar-refractivity contribution in [2.45, 2.75) is 0 Å². The Hall–Kier alpha value is -7.96. The van der Waals surface area contributed by atoms with E-state index in [4.69, 9.17) is 0 Å². The predicted molar refractivity (Wildman–Crippen MR) is 281 cm³/mol. The number of fused-ring (bicyclic) bond motifs is 15. The first-order chi connectivity index (χ1) is 32.2. The summed E-state index contributed by atoms with van der Waals surface area (Å²) in [6.07, 6.45) is 0. The molecule has 65 heavy (non-hydrogen) atoms. The zero-order chi connectivity index (χ0) is 42.3. The fourth-order valence-corrected chi connectivity index (χ4v) is 13.1. The average molecular weight is 862 g/mol. The molecule has 0 radical (unpaired) electrons. The Morgan fingerprint density at radius 3 is 0.985 bits per heavy atom. The molecule has 0 saturated carbocycles. The number of benzene rings is 10. The largest absolute Gasteiger partial charge is 0.309 e. The molecule has 0 bridgehead atoms. The molecule has 3 nitrogen and oxygen atoms in total. The van der Waals surface area contributed by atoms with E-state index in [0.717, 1.165) is 17.1 Å². The lowest BCUT2D eigenvalue weighted by Crippen LogP contribution is -1.96. The van der Waals surface area contributed by atoms with Crippen LogP contribution in [0.15, 0.2) is 212 Å². The third-order valence-corrected chi connectivity index (χ3v) is 16.1. The van der Waals surface area contributed by atoms with Crippen molar-refractivity contribution in [3.63, 3.8) is 0 Å². The Bertz CT molecular complexity index is 4220. The van der Waals surface area contributed by atoms with Crippen LogP contribution in [-0.2, 0) is 0 Å². The highest BCUT2D eigenvalue weighted by Gasteiger charge is 2.20. The third kappa shape index (κ3) is 5.05. The molecule has 0 unspecified atom stereocenters. The van der Waals surface area contributed by atoms with Crippen LogP contribution in [0, 0.1) is 0 Å². The second kappa shape index (κ2) is 13.3. The lowest BCUT2D eigenvalue weighted by atomic mass is 10.0. The molecular weight excluding hydrogens is 827 g/mol. The van der Waals surface area contributed by atoms with Gasteiger partial charge in [0, 0.05) is 89.7 Å². The van der Waals surface area contributed by atoms with Gasteiger partial charge in [-0.15, -0.1) is 22.7 Å².